The van der Waals surface area contributed by atoms with E-state index in [-0.39, 0.29) is 0 Å². The van der Waals surface area contributed by atoms with E-state index in [0.717, 1.165) is 11.1 Å². The molecule has 34 heavy (non-hydrogen) atoms. The van der Waals surface area contributed by atoms with Crippen LogP contribution in [0.2, 0.25) is 0 Å². The predicted molar refractivity (Wildman–Crippen MR) is 155 cm³/mol. The average Bonchev–Trinajstić information content (AvgIpc) is 2.93. The van der Waals surface area contributed by atoms with Crippen LogP contribution in [0.1, 0.15) is 0 Å². The maximum atomic E-state index is 7.71. The van der Waals surface area contributed by atoms with Crippen molar-refractivity contribution in [3.63, 3.8) is 0 Å². The summed E-state index contributed by atoms with van der Waals surface area (Å²) in [5.41, 5.74) is 2.67. The van der Waals surface area contributed by atoms with Gasteiger partial charge >= 0.3 is 35.1 Å². The Balaban J connectivity index is 0.000000189. The van der Waals surface area contributed by atoms with Gasteiger partial charge in [-0.3, -0.25) is 0 Å². The second-order valence-corrected chi connectivity index (χ2v) is 9.47. The Morgan fingerprint density at radius 1 is 0.588 bits per heavy atom. The van der Waals surface area contributed by atoms with Crippen LogP contribution in [-0.2, 0) is 15.6 Å². The molecule has 0 unspecified atom stereocenters. The fraction of sp³-hybridized carbons (Fsp3) is 0. The average molecular weight is 664 g/mol. The Labute approximate surface area is 225 Å². The first-order chi connectivity index (χ1) is 16.8. The summed E-state index contributed by atoms with van der Waals surface area (Å²) in [6.07, 6.45) is 17.6. The van der Waals surface area contributed by atoms with Crippen molar-refractivity contribution in [2.24, 2.45) is 0 Å². The summed E-state index contributed by atoms with van der Waals surface area (Å²) in [6.45, 7) is 0. The van der Waals surface area contributed by atoms with Crippen molar-refractivity contribution in [3.05, 3.63) is 157 Å². The van der Waals surface area contributed by atoms with Crippen LogP contribution in [0.4, 0.5) is 0 Å². The minimum Gasteiger partial charge on any atom is -0.0622 e. The smallest absolute Gasteiger partial charge is 0.0134 e. The summed E-state index contributed by atoms with van der Waals surface area (Å²) in [7, 11) is -0.446. The molecule has 3 aromatic rings. The molecular formula is C30H25INPPd. The Bertz CT molecular complexity index is 1100. The van der Waals surface area contributed by atoms with Gasteiger partial charge in [-0.25, -0.2) is 0 Å². The molecule has 172 valence electrons. The quantitative estimate of drug-likeness (QED) is 0.134. The summed E-state index contributed by atoms with van der Waals surface area (Å²) in [5, 5.41) is 11.9. The molecule has 0 fully saturated rings. The van der Waals surface area contributed by atoms with Crippen LogP contribution < -0.4 is 15.9 Å². The normalized spacial score (nSPS) is 15.7. The third kappa shape index (κ3) is 7.62. The van der Waals surface area contributed by atoms with Crippen LogP contribution >= 0.6 is 27.4 Å². The second-order valence-electron chi connectivity index (χ2n) is 7.25. The van der Waals surface area contributed by atoms with Gasteiger partial charge in [-0.1, -0.05) is 115 Å². The first-order valence-electron chi connectivity index (χ1n) is 10.8. The van der Waals surface area contributed by atoms with Gasteiger partial charge < -0.3 is 5.41 Å². The van der Waals surface area contributed by atoms with Gasteiger partial charge in [0, 0.05) is 5.71 Å². The number of hydrogen-bond acceptors (Lipinski definition) is 1. The standard InChI is InChI=1S/C18H15P.C12H10N.HI.Pd/c1-4-10-16(11-5-1)19(17-12-6-2-7-13-17)18-14-8-3-9-15-18;13-12-9-5-4-8-11(12)10-6-2-1-3-7-10;;/h1-15H;1-9,13H;1H;/q;-1;;+2/p-1. The zero-order valence-electron chi connectivity index (χ0n) is 18.5. The molecule has 0 saturated heterocycles. The molecule has 0 radical (unpaired) electrons. The monoisotopic (exact) mass is 663 g/mol. The van der Waals surface area contributed by atoms with Crippen molar-refractivity contribution in [1.29, 1.82) is 5.41 Å². The predicted octanol–water partition coefficient (Wildman–Crippen LogP) is 7.09. The van der Waals surface area contributed by atoms with Crippen LogP contribution in [0.5, 0.6) is 0 Å². The summed E-state index contributed by atoms with van der Waals surface area (Å²) in [4.78, 5) is 0. The van der Waals surface area contributed by atoms with Crippen LogP contribution in [0.15, 0.2) is 151 Å². The van der Waals surface area contributed by atoms with Crippen LogP contribution in [0.3, 0.4) is 0 Å². The molecule has 0 amide bonds. The minimum absolute atomic E-state index is 0.446. The molecule has 0 bridgehead atoms. The third-order valence-corrected chi connectivity index (χ3v) is 7.50. The number of nitrogens with one attached hydrogen (secondary N) is 1. The number of rotatable bonds is 3. The molecule has 0 saturated carbocycles. The number of halogens is 1. The summed E-state index contributed by atoms with van der Waals surface area (Å²) >= 11 is 4.72. The zero-order chi connectivity index (χ0) is 24.0. The molecule has 0 aromatic heterocycles. The second kappa shape index (κ2) is 14.9. The van der Waals surface area contributed by atoms with Crippen molar-refractivity contribution in [2.45, 2.75) is 0 Å². The SMILES string of the molecule is N=C1C=CC=C/C1=C1\C=CC=C[CH-]1.[Pd+][I].c1ccc(P(c2ccccc2)c2ccccc2)cc1. The Morgan fingerprint density at radius 2 is 1.03 bits per heavy atom. The van der Waals surface area contributed by atoms with Crippen molar-refractivity contribution in [2.75, 3.05) is 0 Å². The molecule has 5 rings (SSSR count). The van der Waals surface area contributed by atoms with Gasteiger partial charge in [-0.05, 0) is 29.9 Å². The Kier molecular flexibility index (Phi) is 11.5. The topological polar surface area (TPSA) is 23.9 Å². The van der Waals surface area contributed by atoms with E-state index in [1.807, 2.05) is 74.5 Å². The van der Waals surface area contributed by atoms with Crippen molar-refractivity contribution in [1.82, 2.24) is 0 Å². The first-order valence-corrected chi connectivity index (χ1v) is 16.7. The molecule has 2 aliphatic rings. The van der Waals surface area contributed by atoms with E-state index in [0.29, 0.717) is 5.71 Å². The number of hydrogen-bond donors (Lipinski definition) is 1. The van der Waals surface area contributed by atoms with Crippen LogP contribution in [-0.4, -0.2) is 5.71 Å². The zero-order valence-corrected chi connectivity index (χ0v) is 23.1. The number of allylic oxidation sites excluding steroid dienone is 10. The Morgan fingerprint density at radius 3 is 1.44 bits per heavy atom. The van der Waals surface area contributed by atoms with E-state index < -0.39 is 7.92 Å². The Hall–Kier alpha value is -2.28. The molecular weight excluding hydrogens is 639 g/mol. The maximum Gasteiger partial charge on any atom is -0.0134 e. The van der Waals surface area contributed by atoms with E-state index in [4.69, 9.17) is 5.41 Å². The van der Waals surface area contributed by atoms with Gasteiger partial charge in [0.25, 0.3) is 0 Å². The fourth-order valence-corrected chi connectivity index (χ4v) is 5.84. The van der Waals surface area contributed by atoms with Crippen LogP contribution in [0, 0.1) is 11.8 Å². The molecule has 4 heteroatoms. The molecule has 3 aromatic carbocycles. The third-order valence-electron chi connectivity index (χ3n) is 5.06. The van der Waals surface area contributed by atoms with E-state index in [9.17, 15) is 0 Å². The van der Waals surface area contributed by atoms with Crippen molar-refractivity contribution >= 4 is 49.1 Å². The van der Waals surface area contributed by atoms with Crippen LogP contribution in [0.25, 0.3) is 0 Å². The first kappa shape index (κ1) is 26.3. The molecule has 1 nitrogen and oxygen atoms in total. The van der Waals surface area contributed by atoms with Gasteiger partial charge in [0.1, 0.15) is 0 Å². The maximum absolute atomic E-state index is 7.71. The van der Waals surface area contributed by atoms with Gasteiger partial charge in [-0.2, -0.15) is 0 Å². The molecule has 0 atom stereocenters. The summed E-state index contributed by atoms with van der Waals surface area (Å²) in [5.74, 6) is 0. The molecule has 0 heterocycles. The van der Waals surface area contributed by atoms with E-state index in [2.05, 4.69) is 107 Å². The fourth-order valence-electron chi connectivity index (χ4n) is 3.53. The minimum atomic E-state index is -0.446. The van der Waals surface area contributed by atoms with Gasteiger partial charge in [-0.15, -0.1) is 36.3 Å². The van der Waals surface area contributed by atoms with E-state index in [1.54, 1.807) is 0 Å². The molecule has 0 aliphatic heterocycles. The summed E-state index contributed by atoms with van der Waals surface area (Å²) < 4.78 is 0. The van der Waals surface area contributed by atoms with Crippen molar-refractivity contribution in [3.8, 4) is 0 Å². The van der Waals surface area contributed by atoms with E-state index >= 15 is 0 Å². The molecule has 1 N–H and O–H groups in total. The molecule has 2 aliphatic carbocycles. The van der Waals surface area contributed by atoms with E-state index in [1.165, 1.54) is 15.9 Å². The van der Waals surface area contributed by atoms with Gasteiger partial charge in [0.05, 0.1) is 0 Å². The largest absolute Gasteiger partial charge is 0.0622 e. The summed E-state index contributed by atoms with van der Waals surface area (Å²) in [6, 6.07) is 32.3. The molecule has 0 spiro atoms. The van der Waals surface area contributed by atoms with Gasteiger partial charge in [0.15, 0.2) is 0 Å². The van der Waals surface area contributed by atoms with Gasteiger partial charge in [0.2, 0.25) is 0 Å². The number of benzene rings is 3. The van der Waals surface area contributed by atoms with Crippen molar-refractivity contribution < 1.29 is 15.6 Å².